The largest absolute Gasteiger partial charge is 0.501 e. The molecule has 0 saturated carbocycles. The second-order valence-corrected chi connectivity index (χ2v) is 33.6. The maximum atomic E-state index is 13.5. The number of ether oxygens (including phenoxy) is 6. The minimum atomic E-state index is -0.886. The smallest absolute Gasteiger partial charge is 0.296 e. The lowest BCUT2D eigenvalue weighted by molar-refractivity contribution is -0.117. The Kier molecular flexibility index (Phi) is 26.1. The van der Waals surface area contributed by atoms with Gasteiger partial charge < -0.3 is 53.1 Å². The van der Waals surface area contributed by atoms with Gasteiger partial charge in [-0.25, -0.2) is 47.5 Å². The van der Waals surface area contributed by atoms with E-state index < -0.39 is 51.0 Å². The Labute approximate surface area is 711 Å². The molecular formula is C91H88F4N12O14S2. The van der Waals surface area contributed by atoms with E-state index in [-0.39, 0.29) is 95.7 Å². The van der Waals surface area contributed by atoms with Gasteiger partial charge in [-0.15, -0.1) is 11.3 Å². The van der Waals surface area contributed by atoms with E-state index in [9.17, 15) is 51.4 Å². The van der Waals surface area contributed by atoms with Crippen LogP contribution in [0.1, 0.15) is 133 Å². The molecule has 0 bridgehead atoms. The van der Waals surface area contributed by atoms with Crippen LogP contribution in [-0.2, 0) is 111 Å². The van der Waals surface area contributed by atoms with Crippen molar-refractivity contribution in [2.75, 3.05) is 33.0 Å². The van der Waals surface area contributed by atoms with Crippen LogP contribution in [0.25, 0.3) is 33.9 Å². The molecule has 0 fully saturated rings. The van der Waals surface area contributed by atoms with Crippen molar-refractivity contribution in [2.24, 2.45) is 0 Å². The average Bonchev–Trinajstić information content (AvgIpc) is 1.64. The number of ketones is 1. The lowest BCUT2D eigenvalue weighted by atomic mass is 10.1. The van der Waals surface area contributed by atoms with E-state index in [1.165, 1.54) is 99.1 Å². The van der Waals surface area contributed by atoms with Crippen LogP contribution in [-0.4, -0.2) is 97.9 Å². The van der Waals surface area contributed by atoms with E-state index in [2.05, 4.69) is 42.1 Å². The first-order valence-corrected chi connectivity index (χ1v) is 41.2. The van der Waals surface area contributed by atoms with Crippen molar-refractivity contribution in [2.45, 2.75) is 143 Å². The maximum absolute atomic E-state index is 13.5. The highest BCUT2D eigenvalue weighted by Crippen LogP contribution is 2.38. The molecular weight excluding hydrogens is 1630 g/mol. The third-order valence-electron chi connectivity index (χ3n) is 20.6. The molecule has 17 rings (SSSR count). The van der Waals surface area contributed by atoms with Gasteiger partial charge in [0.05, 0.1) is 64.2 Å². The van der Waals surface area contributed by atoms with Gasteiger partial charge in [0, 0.05) is 54.4 Å². The minimum Gasteiger partial charge on any atom is -0.501 e. The van der Waals surface area contributed by atoms with Crippen molar-refractivity contribution >= 4 is 46.4 Å². The summed E-state index contributed by atoms with van der Waals surface area (Å²) < 4.78 is 99.5. The topological polar surface area (TPSA) is 312 Å². The number of halogens is 4. The Hall–Kier alpha value is -12.6. The minimum absolute atomic E-state index is 0.0184. The monoisotopic (exact) mass is 1710 g/mol. The van der Waals surface area contributed by atoms with Crippen molar-refractivity contribution < 1.29 is 65.1 Å². The molecule has 5 aliphatic rings. The zero-order valence-electron chi connectivity index (χ0n) is 68.6. The van der Waals surface area contributed by atoms with Crippen LogP contribution >= 0.6 is 23.1 Å². The summed E-state index contributed by atoms with van der Waals surface area (Å²) in [6.45, 7) is 22.1. The van der Waals surface area contributed by atoms with Crippen LogP contribution in [0.5, 0.6) is 17.2 Å². The molecule has 3 N–H and O–H groups in total. The second kappa shape index (κ2) is 37.0. The summed E-state index contributed by atoms with van der Waals surface area (Å²) in [5.41, 5.74) is 1.02. The van der Waals surface area contributed by atoms with Crippen molar-refractivity contribution in [3.05, 3.63) is 329 Å². The van der Waals surface area contributed by atoms with Gasteiger partial charge in [0.15, 0.2) is 17.2 Å². The third-order valence-corrected chi connectivity index (χ3v) is 22.6. The van der Waals surface area contributed by atoms with Crippen LogP contribution in [0.2, 0.25) is 0 Å². The summed E-state index contributed by atoms with van der Waals surface area (Å²) in [4.78, 5) is 107. The molecule has 0 aliphatic carbocycles. The van der Waals surface area contributed by atoms with Gasteiger partial charge in [-0.3, -0.25) is 42.5 Å². The Balaban J connectivity index is 0.000000135. The van der Waals surface area contributed by atoms with Gasteiger partial charge in [0.25, 0.3) is 22.6 Å². The first-order chi connectivity index (χ1) is 58.8. The molecule has 6 aromatic heterocycles. The molecule has 0 radical (unpaired) electrons. The predicted octanol–water partition coefficient (Wildman–Crippen LogP) is 11.9. The Bertz CT molecular complexity index is 6340. The third kappa shape index (κ3) is 20.3. The second-order valence-electron chi connectivity index (χ2n) is 31.3. The number of hydrogen-bond acceptors (Lipinski definition) is 23. The molecule has 123 heavy (non-hydrogen) atoms. The van der Waals surface area contributed by atoms with Gasteiger partial charge in [-0.2, -0.15) is 0 Å². The quantitative estimate of drug-likeness (QED) is 0.0633. The van der Waals surface area contributed by atoms with E-state index in [0.29, 0.717) is 126 Å². The number of Topliss-reactive ketones (excluding diaryl/α,β-unsaturated/α-hetero) is 1. The number of nitrogens with zero attached hydrogens (tertiary/aromatic N) is 10. The number of amides is 1. The zero-order valence-corrected chi connectivity index (χ0v) is 70.2. The molecule has 1 amide bonds. The molecule has 6 aromatic carbocycles. The number of fused-ring (bicyclic) bond motifs is 4. The first-order valence-electron chi connectivity index (χ1n) is 39.5. The number of thiazole rings is 1. The summed E-state index contributed by atoms with van der Waals surface area (Å²) >= 11 is 2.91. The number of oxazole rings is 1. The first kappa shape index (κ1) is 86.8. The molecule has 11 heterocycles. The van der Waals surface area contributed by atoms with E-state index >= 15 is 0 Å². The number of carbonyl (C=O) groups excluding carboxylic acids is 2. The lowest BCUT2D eigenvalue weighted by Crippen LogP contribution is -2.53. The zero-order chi connectivity index (χ0) is 87.1. The summed E-state index contributed by atoms with van der Waals surface area (Å²) in [5.74, 6) is -0.188. The van der Waals surface area contributed by atoms with Gasteiger partial charge in [-0.05, 0) is 137 Å². The number of aromatic hydroxyl groups is 1. The Morgan fingerprint density at radius 2 is 0.967 bits per heavy atom. The van der Waals surface area contributed by atoms with Gasteiger partial charge in [0.1, 0.15) is 109 Å². The fourth-order valence-corrected chi connectivity index (χ4v) is 16.1. The molecule has 26 nitrogen and oxygen atoms in total. The van der Waals surface area contributed by atoms with Gasteiger partial charge in [0.2, 0.25) is 28.6 Å². The van der Waals surface area contributed by atoms with Crippen LogP contribution in [0.15, 0.2) is 205 Å². The average molecular weight is 1710 g/mol. The fourth-order valence-electron chi connectivity index (χ4n) is 14.2. The number of hydrogen-bond donors (Lipinski definition) is 3. The van der Waals surface area contributed by atoms with E-state index in [1.807, 2.05) is 99.1 Å². The number of nitrogens with one attached hydrogen (secondary N) is 2. The fraction of sp³-hybridized carbons (Fsp3) is 0.297. The van der Waals surface area contributed by atoms with Crippen LogP contribution < -0.4 is 52.9 Å². The van der Waals surface area contributed by atoms with Crippen LogP contribution in [0.3, 0.4) is 0 Å². The van der Waals surface area contributed by atoms with Gasteiger partial charge >= 0.3 is 0 Å². The lowest BCUT2D eigenvalue weighted by Gasteiger charge is -2.32. The summed E-state index contributed by atoms with van der Waals surface area (Å²) in [6, 6.07) is 43.3. The molecule has 5 aliphatic heterocycles. The number of aromatic nitrogens is 10. The van der Waals surface area contributed by atoms with Crippen LogP contribution in [0.4, 0.5) is 17.6 Å². The van der Waals surface area contributed by atoms with Crippen molar-refractivity contribution in [3.8, 4) is 39.5 Å². The number of carbonyl (C=O) groups is 2. The molecule has 0 spiro atoms. The summed E-state index contributed by atoms with van der Waals surface area (Å²) in [7, 11) is 0. The SMILES string of the molecule is C=c1c(=O)c(=C2NC=C(Cc3ccc(F)cc3)S2)nc2n1CCOC2(C)C.CC1(C)OCCn2c1nc(-c1ncc(Cc3ccc(F)cc3)o1)c(O)c2=O.CC1(C)OCCn2c1nc(-c1ncc(Cc3ccc(F)cc3)s1)c(OCc1ccccc1)c2=O.CC1(C)OCCn2c1nc(C(=O)NCC(=O)Cc1ccc(F)cc1)c(OCc1ccccc1)c2=O. The molecule has 0 unspecified atom stereocenters. The number of thioether (sulfide) groups is 1. The summed E-state index contributed by atoms with van der Waals surface area (Å²) in [6.07, 6.45) is 6.81. The number of rotatable bonds is 19. The van der Waals surface area contributed by atoms with Gasteiger partial charge in [-0.1, -0.05) is 128 Å². The Morgan fingerprint density at radius 1 is 0.520 bits per heavy atom. The van der Waals surface area contributed by atoms with Crippen LogP contribution in [0, 0.1) is 23.3 Å². The molecule has 0 saturated heterocycles. The Morgan fingerprint density at radius 3 is 1.50 bits per heavy atom. The highest BCUT2D eigenvalue weighted by atomic mass is 32.2. The van der Waals surface area contributed by atoms with Crippen molar-refractivity contribution in [1.29, 1.82) is 0 Å². The molecule has 32 heteroatoms. The van der Waals surface area contributed by atoms with E-state index in [4.69, 9.17) is 37.8 Å². The summed E-state index contributed by atoms with van der Waals surface area (Å²) in [5, 5.41) is 18.1. The number of allylic oxidation sites excluding steroid dienone is 1. The standard InChI is InChI=1S/C26H26FN3O5.C26H24FN3O3S.C20H20FN3O2S.C19H18FN3O4/c1-26(2)25-29-21(23(32)28-15-20(31)14-17-8-10-19(27)11-9-17)22(24(33)30(25)12-13-35-26)34-16-18-6-4-3-5-7-18;1-26(2)25-29-21(23-28-15-20(34-23)14-17-8-10-19(27)11-9-17)22(24(31)30(25)12-13-33-26)32-16-18-6-4-3-5-7-18;1-12-17(25)16(23-19-20(2,3)26-9-8-24(12)19)18-22-11-15(27-18)10-13-4-6-14(21)7-5-13;1-19(2)18-22-14(15(24)17(25)23(18)7-8-26-19)16-21-10-13(27-16)9-11-3-5-12(20)6-4-11/h3-11H,12-16H2,1-2H3,(H,28,32);3-11,15H,12-14,16H2,1-2H3;4-7,11,22H,1,8-10H2,2-3H3;3-6,10,24H,7-9H2,1-2H3. The molecule has 636 valence electrons. The maximum Gasteiger partial charge on any atom is 0.296 e. The van der Waals surface area contributed by atoms with Crippen molar-refractivity contribution in [3.63, 3.8) is 0 Å². The van der Waals surface area contributed by atoms with Crippen molar-refractivity contribution in [1.82, 2.24) is 58.8 Å². The highest BCUT2D eigenvalue weighted by Gasteiger charge is 2.39. The predicted molar refractivity (Wildman–Crippen MR) is 453 cm³/mol. The normalized spacial score (nSPS) is 15.9. The van der Waals surface area contributed by atoms with E-state index in [0.717, 1.165) is 37.6 Å². The molecule has 0 atom stereocenters. The highest BCUT2D eigenvalue weighted by molar-refractivity contribution is 8.11. The van der Waals surface area contributed by atoms with E-state index in [1.54, 1.807) is 74.9 Å². The molecule has 12 aromatic rings. The number of benzene rings is 6.